The van der Waals surface area contributed by atoms with E-state index in [1.54, 1.807) is 0 Å². The second kappa shape index (κ2) is 42.0. The van der Waals surface area contributed by atoms with Crippen LogP contribution in [0.3, 0.4) is 0 Å². The van der Waals surface area contributed by atoms with Gasteiger partial charge in [0, 0.05) is 12.8 Å². The lowest BCUT2D eigenvalue weighted by atomic mass is 9.99. The summed E-state index contributed by atoms with van der Waals surface area (Å²) in [5.41, 5.74) is 0. The van der Waals surface area contributed by atoms with Crippen LogP contribution in [0.15, 0.2) is 48.6 Å². The number of aliphatic hydroxyl groups excluding tert-OH is 2. The highest BCUT2D eigenvalue weighted by molar-refractivity contribution is 5.69. The Morgan fingerprint density at radius 1 is 0.481 bits per heavy atom. The van der Waals surface area contributed by atoms with Crippen molar-refractivity contribution in [1.82, 2.24) is 0 Å². The topological polar surface area (TPSA) is 93.1 Å². The molecule has 0 amide bonds. The highest BCUT2D eigenvalue weighted by atomic mass is 16.6. The van der Waals surface area contributed by atoms with Gasteiger partial charge in [-0.15, -0.1) is 0 Å². The van der Waals surface area contributed by atoms with Crippen LogP contribution < -0.4 is 0 Å². The van der Waals surface area contributed by atoms with Gasteiger partial charge < -0.3 is 19.7 Å². The third-order valence-electron chi connectivity index (χ3n) is 10.2. The minimum atomic E-state index is -0.996. The lowest BCUT2D eigenvalue weighted by Crippen LogP contribution is -2.25. The SMILES string of the molecule is CCCC(O)C/C=C\C/C=C\C/C=C\C/C=C\CCCC(=O)OC[C@H](O)COC(=O)CCCCCCCCCCCCCCCCCCCCC(C)CC. The van der Waals surface area contributed by atoms with Crippen LogP contribution in [0, 0.1) is 5.92 Å². The van der Waals surface area contributed by atoms with Crippen molar-refractivity contribution in [1.29, 1.82) is 0 Å². The average molecular weight is 759 g/mol. The Hall–Kier alpha value is -2.18. The van der Waals surface area contributed by atoms with Crippen LogP contribution >= 0.6 is 0 Å². The van der Waals surface area contributed by atoms with Gasteiger partial charge in [0.05, 0.1) is 6.10 Å². The Morgan fingerprint density at radius 2 is 0.870 bits per heavy atom. The summed E-state index contributed by atoms with van der Waals surface area (Å²) in [4.78, 5) is 24.0. The van der Waals surface area contributed by atoms with Gasteiger partial charge in [-0.05, 0) is 57.3 Å². The third kappa shape index (κ3) is 41.0. The highest BCUT2D eigenvalue weighted by Crippen LogP contribution is 2.17. The molecule has 0 spiro atoms. The molecule has 0 fully saturated rings. The van der Waals surface area contributed by atoms with Crippen molar-refractivity contribution in [3.8, 4) is 0 Å². The van der Waals surface area contributed by atoms with E-state index in [-0.39, 0.29) is 31.3 Å². The van der Waals surface area contributed by atoms with Gasteiger partial charge in [-0.3, -0.25) is 9.59 Å². The van der Waals surface area contributed by atoms with Crippen LogP contribution in [0.4, 0.5) is 0 Å². The summed E-state index contributed by atoms with van der Waals surface area (Å²) in [6, 6.07) is 0. The first-order chi connectivity index (χ1) is 26.4. The van der Waals surface area contributed by atoms with Crippen LogP contribution in [0.2, 0.25) is 0 Å². The van der Waals surface area contributed by atoms with Crippen molar-refractivity contribution in [2.24, 2.45) is 5.92 Å². The van der Waals surface area contributed by atoms with Crippen molar-refractivity contribution in [2.75, 3.05) is 13.2 Å². The molecule has 0 aliphatic rings. The summed E-state index contributed by atoms with van der Waals surface area (Å²) < 4.78 is 10.3. The van der Waals surface area contributed by atoms with Crippen LogP contribution in [-0.2, 0) is 19.1 Å². The molecule has 0 aliphatic carbocycles. The zero-order chi connectivity index (χ0) is 39.6. The standard InChI is InChI=1S/C48H86O6/c1-4-37-45(49)39-34-30-26-22-18-14-12-16-20-24-28-32-36-41-48(52)54-43-46(50)42-53-47(51)40-35-31-27-23-19-15-11-9-7-6-8-10-13-17-21-25-29-33-38-44(3)5-2/h12,16,18,22,24,28,30,34,44-46,49-50H,4-11,13-15,17,19-21,23,25-27,29,31-33,35-43H2,1-3H3/b16-12-,22-18-,28-24-,34-30-/t44?,45?,46-/m1/s1. The fourth-order valence-corrected chi connectivity index (χ4v) is 6.36. The Balaban J connectivity index is 3.49. The van der Waals surface area contributed by atoms with Gasteiger partial charge in [0.15, 0.2) is 0 Å². The van der Waals surface area contributed by atoms with Crippen LogP contribution in [0.5, 0.6) is 0 Å². The summed E-state index contributed by atoms with van der Waals surface area (Å²) in [5, 5.41) is 19.7. The number of esters is 2. The summed E-state index contributed by atoms with van der Waals surface area (Å²) in [5.74, 6) is 0.268. The number of hydrogen-bond acceptors (Lipinski definition) is 6. The molecule has 0 radical (unpaired) electrons. The Kier molecular flexibility index (Phi) is 40.3. The second-order valence-electron chi connectivity index (χ2n) is 15.6. The predicted octanol–water partition coefficient (Wildman–Crippen LogP) is 13.4. The number of carbonyl (C=O) groups is 2. The van der Waals surface area contributed by atoms with Crippen LogP contribution in [0.1, 0.15) is 213 Å². The van der Waals surface area contributed by atoms with E-state index in [0.29, 0.717) is 19.3 Å². The molecule has 314 valence electrons. The summed E-state index contributed by atoms with van der Waals surface area (Å²) >= 11 is 0. The van der Waals surface area contributed by atoms with E-state index in [4.69, 9.17) is 9.47 Å². The minimum absolute atomic E-state index is 0.141. The van der Waals surface area contributed by atoms with E-state index in [2.05, 4.69) is 69.4 Å². The molecule has 0 aromatic carbocycles. The molecule has 2 N–H and O–H groups in total. The number of carbonyl (C=O) groups excluding carboxylic acids is 2. The lowest BCUT2D eigenvalue weighted by Gasteiger charge is -2.12. The monoisotopic (exact) mass is 759 g/mol. The quantitative estimate of drug-likeness (QED) is 0.0367. The maximum atomic E-state index is 12.0. The fraction of sp³-hybridized carbons (Fsp3) is 0.792. The maximum absolute atomic E-state index is 12.0. The molecule has 0 aliphatic heterocycles. The number of unbranched alkanes of at least 4 members (excludes halogenated alkanes) is 18. The van der Waals surface area contributed by atoms with Gasteiger partial charge in [0.25, 0.3) is 0 Å². The number of rotatable bonds is 40. The number of aliphatic hydroxyl groups is 2. The van der Waals surface area contributed by atoms with Gasteiger partial charge in [-0.25, -0.2) is 0 Å². The number of ether oxygens (including phenoxy) is 2. The van der Waals surface area contributed by atoms with Crippen molar-refractivity contribution < 1.29 is 29.3 Å². The fourth-order valence-electron chi connectivity index (χ4n) is 6.36. The molecular weight excluding hydrogens is 673 g/mol. The van der Waals surface area contributed by atoms with Gasteiger partial charge in [0.2, 0.25) is 0 Å². The minimum Gasteiger partial charge on any atom is -0.463 e. The largest absolute Gasteiger partial charge is 0.463 e. The van der Waals surface area contributed by atoms with Crippen molar-refractivity contribution in [3.05, 3.63) is 48.6 Å². The number of hydrogen-bond donors (Lipinski definition) is 2. The third-order valence-corrected chi connectivity index (χ3v) is 10.2. The van der Waals surface area contributed by atoms with E-state index in [0.717, 1.165) is 70.1 Å². The molecule has 0 rings (SSSR count). The van der Waals surface area contributed by atoms with Gasteiger partial charge in [-0.2, -0.15) is 0 Å². The predicted molar refractivity (Wildman–Crippen MR) is 230 cm³/mol. The molecule has 0 aromatic heterocycles. The zero-order valence-corrected chi connectivity index (χ0v) is 35.5. The Labute approximate surface area is 333 Å². The van der Waals surface area contributed by atoms with E-state index in [1.807, 2.05) is 0 Å². The van der Waals surface area contributed by atoms with Crippen LogP contribution in [0.25, 0.3) is 0 Å². The average Bonchev–Trinajstić information content (AvgIpc) is 3.16. The van der Waals surface area contributed by atoms with Crippen molar-refractivity contribution in [2.45, 2.75) is 226 Å². The molecule has 6 heteroatoms. The van der Waals surface area contributed by atoms with Crippen molar-refractivity contribution in [3.63, 3.8) is 0 Å². The first-order valence-corrected chi connectivity index (χ1v) is 22.7. The first kappa shape index (κ1) is 51.8. The van der Waals surface area contributed by atoms with Crippen LogP contribution in [-0.4, -0.2) is 47.6 Å². The lowest BCUT2D eigenvalue weighted by molar-refractivity contribution is -0.152. The van der Waals surface area contributed by atoms with Gasteiger partial charge in [-0.1, -0.05) is 198 Å². The molecule has 0 bridgehead atoms. The highest BCUT2D eigenvalue weighted by Gasteiger charge is 2.12. The molecule has 54 heavy (non-hydrogen) atoms. The Morgan fingerprint density at radius 3 is 1.31 bits per heavy atom. The second-order valence-corrected chi connectivity index (χ2v) is 15.6. The van der Waals surface area contributed by atoms with Crippen molar-refractivity contribution >= 4 is 11.9 Å². The number of allylic oxidation sites excluding steroid dienone is 7. The summed E-state index contributed by atoms with van der Waals surface area (Å²) in [7, 11) is 0. The van der Waals surface area contributed by atoms with E-state index in [1.165, 1.54) is 109 Å². The molecule has 6 nitrogen and oxygen atoms in total. The molecule has 0 saturated heterocycles. The zero-order valence-electron chi connectivity index (χ0n) is 35.5. The van der Waals surface area contributed by atoms with Gasteiger partial charge >= 0.3 is 11.9 Å². The molecule has 0 saturated carbocycles. The maximum Gasteiger partial charge on any atom is 0.305 e. The van der Waals surface area contributed by atoms with E-state index < -0.39 is 6.10 Å². The smallest absolute Gasteiger partial charge is 0.305 e. The summed E-state index contributed by atoms with van der Waals surface area (Å²) in [6.45, 7) is 6.47. The van der Waals surface area contributed by atoms with E-state index >= 15 is 0 Å². The summed E-state index contributed by atoms with van der Waals surface area (Å²) in [6.07, 6.45) is 49.5. The molecule has 0 heterocycles. The van der Waals surface area contributed by atoms with Gasteiger partial charge in [0.1, 0.15) is 19.3 Å². The Bertz CT molecular complexity index is 937. The molecule has 2 unspecified atom stereocenters. The normalized spacial score (nSPS) is 13.8. The molecular formula is C48H86O6. The van der Waals surface area contributed by atoms with E-state index in [9.17, 15) is 19.8 Å². The molecule has 3 atom stereocenters. The first-order valence-electron chi connectivity index (χ1n) is 22.7. The molecule has 0 aromatic rings.